The maximum Gasteiger partial charge on any atom is 0.387 e. The molecule has 0 heterocycles. The van der Waals surface area contributed by atoms with Crippen LogP contribution in [0.25, 0.3) is 0 Å². The number of hydrogen-bond acceptors (Lipinski definition) is 4. The first kappa shape index (κ1) is 16.6. The summed E-state index contributed by atoms with van der Waals surface area (Å²) in [7, 11) is 0. The minimum Gasteiger partial charge on any atom is -0.494 e. The number of ether oxygens (including phenoxy) is 2. The van der Waals surface area contributed by atoms with Crippen molar-refractivity contribution < 1.29 is 18.3 Å². The lowest BCUT2D eigenvalue weighted by molar-refractivity contribution is -0.0493. The van der Waals surface area contributed by atoms with Crippen molar-refractivity contribution in [3.8, 4) is 17.6 Å². The second kappa shape index (κ2) is 8.59. The number of nitrogens with zero attached hydrogens (tertiary/aromatic N) is 1. The first-order chi connectivity index (χ1) is 11.2. The van der Waals surface area contributed by atoms with E-state index in [0.717, 1.165) is 0 Å². The Balaban J connectivity index is 1.74. The van der Waals surface area contributed by atoms with Crippen molar-refractivity contribution in [1.29, 1.82) is 5.26 Å². The number of benzene rings is 2. The zero-order valence-corrected chi connectivity index (χ0v) is 12.3. The van der Waals surface area contributed by atoms with Crippen molar-refractivity contribution in [3.63, 3.8) is 0 Å². The Morgan fingerprint density at radius 3 is 2.52 bits per heavy atom. The van der Waals surface area contributed by atoms with Gasteiger partial charge in [0, 0.05) is 6.54 Å². The van der Waals surface area contributed by atoms with Crippen molar-refractivity contribution >= 4 is 5.69 Å². The molecular weight excluding hydrogens is 302 g/mol. The van der Waals surface area contributed by atoms with Crippen LogP contribution in [0.3, 0.4) is 0 Å². The molecule has 6 heteroatoms. The molecule has 0 fully saturated rings. The van der Waals surface area contributed by atoms with Gasteiger partial charge in [0.2, 0.25) is 0 Å². The molecule has 2 rings (SSSR count). The summed E-state index contributed by atoms with van der Waals surface area (Å²) in [6, 6.07) is 15.4. The zero-order valence-electron chi connectivity index (χ0n) is 12.3. The zero-order chi connectivity index (χ0) is 16.5. The maximum absolute atomic E-state index is 12.3. The third-order valence-electron chi connectivity index (χ3n) is 2.99. The van der Waals surface area contributed by atoms with Crippen LogP contribution in [0.4, 0.5) is 14.5 Å². The summed E-state index contributed by atoms with van der Waals surface area (Å²) in [6.07, 6.45) is 0.684. The average Bonchev–Trinajstić information content (AvgIpc) is 2.56. The Hall–Kier alpha value is -2.81. The van der Waals surface area contributed by atoms with Crippen LogP contribution in [-0.4, -0.2) is 19.8 Å². The fourth-order valence-electron chi connectivity index (χ4n) is 1.92. The predicted molar refractivity (Wildman–Crippen MR) is 82.8 cm³/mol. The molecule has 0 amide bonds. The number of nitriles is 1. The van der Waals surface area contributed by atoms with Crippen LogP contribution in [-0.2, 0) is 0 Å². The van der Waals surface area contributed by atoms with Crippen LogP contribution >= 0.6 is 0 Å². The third-order valence-corrected chi connectivity index (χ3v) is 2.99. The molecule has 0 radical (unpaired) electrons. The van der Waals surface area contributed by atoms with Gasteiger partial charge in [0.15, 0.2) is 0 Å². The summed E-state index contributed by atoms with van der Waals surface area (Å²) in [5.41, 5.74) is 1.10. The summed E-state index contributed by atoms with van der Waals surface area (Å²) >= 11 is 0. The Morgan fingerprint density at radius 1 is 1.09 bits per heavy atom. The molecule has 0 atom stereocenters. The SMILES string of the molecule is N#Cc1ccc(OCCCNc2ccccc2OC(F)F)cc1. The number of para-hydroxylation sites is 2. The number of anilines is 1. The standard InChI is InChI=1S/C17H16F2N2O2/c18-17(19)23-16-5-2-1-4-15(16)21-10-3-11-22-14-8-6-13(12-20)7-9-14/h1-2,4-9,17,21H,3,10-11H2. The molecule has 0 aliphatic heterocycles. The van der Waals surface area contributed by atoms with Crippen LogP contribution < -0.4 is 14.8 Å². The fourth-order valence-corrected chi connectivity index (χ4v) is 1.92. The van der Waals surface area contributed by atoms with Gasteiger partial charge in [-0.15, -0.1) is 0 Å². The van der Waals surface area contributed by atoms with E-state index in [9.17, 15) is 8.78 Å². The third kappa shape index (κ3) is 5.47. The van der Waals surface area contributed by atoms with Gasteiger partial charge < -0.3 is 14.8 Å². The van der Waals surface area contributed by atoms with E-state index in [0.29, 0.717) is 36.6 Å². The minimum absolute atomic E-state index is 0.121. The highest BCUT2D eigenvalue weighted by atomic mass is 19.3. The van der Waals surface area contributed by atoms with Gasteiger partial charge in [0.05, 0.1) is 23.9 Å². The lowest BCUT2D eigenvalue weighted by atomic mass is 10.2. The average molecular weight is 318 g/mol. The highest BCUT2D eigenvalue weighted by Crippen LogP contribution is 2.25. The number of halogens is 2. The number of alkyl halides is 2. The van der Waals surface area contributed by atoms with E-state index in [1.54, 1.807) is 42.5 Å². The van der Waals surface area contributed by atoms with Gasteiger partial charge in [-0.05, 0) is 42.8 Å². The lowest BCUT2D eigenvalue weighted by Crippen LogP contribution is -2.10. The molecule has 2 aromatic carbocycles. The molecule has 0 unspecified atom stereocenters. The number of nitrogens with one attached hydrogen (secondary N) is 1. The van der Waals surface area contributed by atoms with Gasteiger partial charge >= 0.3 is 6.61 Å². The highest BCUT2D eigenvalue weighted by molar-refractivity contribution is 5.56. The molecule has 0 aromatic heterocycles. The summed E-state index contributed by atoms with van der Waals surface area (Å²) in [6.45, 7) is -1.82. The van der Waals surface area contributed by atoms with Gasteiger partial charge in [-0.1, -0.05) is 12.1 Å². The molecule has 0 aliphatic carbocycles. The molecule has 0 saturated carbocycles. The van der Waals surface area contributed by atoms with Crippen LogP contribution in [0, 0.1) is 11.3 Å². The van der Waals surface area contributed by atoms with E-state index in [1.807, 2.05) is 6.07 Å². The fraction of sp³-hybridized carbons (Fsp3) is 0.235. The smallest absolute Gasteiger partial charge is 0.387 e. The van der Waals surface area contributed by atoms with E-state index in [1.165, 1.54) is 6.07 Å². The van der Waals surface area contributed by atoms with E-state index in [4.69, 9.17) is 10.00 Å². The van der Waals surface area contributed by atoms with Crippen LogP contribution in [0.5, 0.6) is 11.5 Å². The van der Waals surface area contributed by atoms with Crippen molar-refractivity contribution in [1.82, 2.24) is 0 Å². The number of rotatable bonds is 8. The van der Waals surface area contributed by atoms with Gasteiger partial charge in [-0.25, -0.2) is 0 Å². The Morgan fingerprint density at radius 2 is 1.83 bits per heavy atom. The Labute approximate surface area is 133 Å². The largest absolute Gasteiger partial charge is 0.494 e. The second-order valence-corrected chi connectivity index (χ2v) is 4.64. The van der Waals surface area contributed by atoms with E-state index in [2.05, 4.69) is 10.1 Å². The molecule has 4 nitrogen and oxygen atoms in total. The van der Waals surface area contributed by atoms with Crippen molar-refractivity contribution in [2.24, 2.45) is 0 Å². The van der Waals surface area contributed by atoms with Gasteiger partial charge in [0.25, 0.3) is 0 Å². The first-order valence-corrected chi connectivity index (χ1v) is 7.09. The molecule has 0 saturated heterocycles. The van der Waals surface area contributed by atoms with Gasteiger partial charge in [-0.3, -0.25) is 0 Å². The van der Waals surface area contributed by atoms with Gasteiger partial charge in [-0.2, -0.15) is 14.0 Å². The molecule has 0 bridgehead atoms. The molecule has 0 spiro atoms. The van der Waals surface area contributed by atoms with Crippen molar-refractivity contribution in [2.45, 2.75) is 13.0 Å². The van der Waals surface area contributed by atoms with E-state index < -0.39 is 6.61 Å². The van der Waals surface area contributed by atoms with Crippen molar-refractivity contribution in [3.05, 3.63) is 54.1 Å². The summed E-state index contributed by atoms with van der Waals surface area (Å²) in [4.78, 5) is 0. The van der Waals surface area contributed by atoms with E-state index >= 15 is 0 Å². The maximum atomic E-state index is 12.3. The monoisotopic (exact) mass is 318 g/mol. The van der Waals surface area contributed by atoms with Crippen LogP contribution in [0.15, 0.2) is 48.5 Å². The predicted octanol–water partition coefficient (Wildman–Crippen LogP) is 4.04. The van der Waals surface area contributed by atoms with E-state index in [-0.39, 0.29) is 5.75 Å². The summed E-state index contributed by atoms with van der Waals surface area (Å²) in [5, 5.41) is 11.7. The topological polar surface area (TPSA) is 54.3 Å². The summed E-state index contributed by atoms with van der Waals surface area (Å²) < 4.78 is 34.6. The quantitative estimate of drug-likeness (QED) is 0.746. The molecule has 1 N–H and O–H groups in total. The normalized spacial score (nSPS) is 10.2. The molecular formula is C17H16F2N2O2. The Bertz CT molecular complexity index is 654. The van der Waals surface area contributed by atoms with Gasteiger partial charge in [0.1, 0.15) is 11.5 Å². The molecule has 23 heavy (non-hydrogen) atoms. The van der Waals surface area contributed by atoms with Crippen molar-refractivity contribution in [2.75, 3.05) is 18.5 Å². The minimum atomic E-state index is -2.85. The lowest BCUT2D eigenvalue weighted by Gasteiger charge is -2.12. The summed E-state index contributed by atoms with van der Waals surface area (Å²) in [5.74, 6) is 0.806. The first-order valence-electron chi connectivity index (χ1n) is 7.09. The number of hydrogen-bond donors (Lipinski definition) is 1. The highest BCUT2D eigenvalue weighted by Gasteiger charge is 2.08. The molecule has 2 aromatic rings. The van der Waals surface area contributed by atoms with Crippen LogP contribution in [0.2, 0.25) is 0 Å². The Kier molecular flexibility index (Phi) is 6.18. The van der Waals surface area contributed by atoms with Crippen LogP contribution in [0.1, 0.15) is 12.0 Å². The molecule has 0 aliphatic rings. The molecule has 120 valence electrons. The second-order valence-electron chi connectivity index (χ2n) is 4.64.